The fraction of sp³-hybridized carbons (Fsp3) is 0.900. The van der Waals surface area contributed by atoms with Crippen LogP contribution in [-0.4, -0.2) is 30.5 Å². The maximum atomic E-state index is 10.3. The summed E-state index contributed by atoms with van der Waals surface area (Å²) in [6.45, 7) is 4.18. The van der Waals surface area contributed by atoms with Gasteiger partial charge in [0.15, 0.2) is 0 Å². The van der Waals surface area contributed by atoms with Crippen LogP contribution in [0.15, 0.2) is 4.99 Å². The molecule has 0 fully saturated rings. The molecule has 4 nitrogen and oxygen atoms in total. The van der Waals surface area contributed by atoms with Gasteiger partial charge in [0.1, 0.15) is 0 Å². The number of hydrogen-bond donors (Lipinski definition) is 2. The normalized spacial score (nSPS) is 13.4. The second-order valence-corrected chi connectivity index (χ2v) is 6.70. The third kappa shape index (κ3) is 21.1. The molecule has 0 spiro atoms. The first-order chi connectivity index (χ1) is 11.8. The van der Waals surface area contributed by atoms with Crippen LogP contribution < -0.4 is 5.32 Å². The standard InChI is InChI=1S/C16H32O2.C4H8N2/c1-2-3-4-5-6-7-8-9-10-11-12-13-14-15-16(17)18;1-2-5-4-6-3-1/h2-15H2,1H3,(H,17,18);2,6H,1,3-4H2. The molecule has 0 amide bonds. The second-order valence-electron chi connectivity index (χ2n) is 6.70. The SMILES string of the molecule is C1=NCNCC1.CCCCCCCCCCCCCCCC(=O)O. The van der Waals surface area contributed by atoms with E-state index < -0.39 is 5.97 Å². The molecule has 4 heteroatoms. The Hall–Kier alpha value is -0.900. The van der Waals surface area contributed by atoms with Gasteiger partial charge >= 0.3 is 5.97 Å². The average molecular weight is 341 g/mol. The smallest absolute Gasteiger partial charge is 0.303 e. The summed E-state index contributed by atoms with van der Waals surface area (Å²) in [6.07, 6.45) is 20.3. The van der Waals surface area contributed by atoms with Gasteiger partial charge in [-0.1, -0.05) is 84.0 Å². The number of carboxylic acid groups (broad SMARTS) is 1. The molecule has 0 unspecified atom stereocenters. The highest BCUT2D eigenvalue weighted by atomic mass is 16.4. The van der Waals surface area contributed by atoms with Crippen LogP contribution in [0.1, 0.15) is 103 Å². The summed E-state index contributed by atoms with van der Waals surface area (Å²) in [4.78, 5) is 14.2. The van der Waals surface area contributed by atoms with Crippen LogP contribution in [0.5, 0.6) is 0 Å². The minimum absolute atomic E-state index is 0.345. The molecular formula is C20H40N2O2. The number of rotatable bonds is 14. The maximum absolute atomic E-state index is 10.3. The van der Waals surface area contributed by atoms with Crippen LogP contribution >= 0.6 is 0 Å². The van der Waals surface area contributed by atoms with Crippen molar-refractivity contribution in [3.63, 3.8) is 0 Å². The molecule has 1 aliphatic heterocycles. The molecule has 0 aromatic carbocycles. The number of hydrogen-bond acceptors (Lipinski definition) is 3. The molecule has 0 aliphatic carbocycles. The highest BCUT2D eigenvalue weighted by Crippen LogP contribution is 2.12. The molecule has 0 bridgehead atoms. The molecule has 0 saturated carbocycles. The fourth-order valence-electron chi connectivity index (χ4n) is 2.76. The van der Waals surface area contributed by atoms with E-state index in [1.54, 1.807) is 0 Å². The van der Waals surface area contributed by atoms with Crippen LogP contribution in [0, 0.1) is 0 Å². The Morgan fingerprint density at radius 1 is 0.917 bits per heavy atom. The Bertz CT molecular complexity index is 285. The van der Waals surface area contributed by atoms with Crippen molar-refractivity contribution >= 4 is 12.2 Å². The summed E-state index contributed by atoms with van der Waals surface area (Å²) >= 11 is 0. The van der Waals surface area contributed by atoms with Crippen LogP contribution in [-0.2, 0) is 4.79 Å². The monoisotopic (exact) mass is 340 g/mol. The zero-order valence-corrected chi connectivity index (χ0v) is 15.9. The lowest BCUT2D eigenvalue weighted by molar-refractivity contribution is -0.137. The Morgan fingerprint density at radius 3 is 1.71 bits per heavy atom. The van der Waals surface area contributed by atoms with Crippen molar-refractivity contribution in [2.45, 2.75) is 103 Å². The molecule has 0 radical (unpaired) electrons. The summed E-state index contributed by atoms with van der Waals surface area (Å²) in [7, 11) is 0. The number of carboxylic acids is 1. The van der Waals surface area contributed by atoms with Crippen molar-refractivity contribution in [3.05, 3.63) is 0 Å². The Balaban J connectivity index is 0.000000728. The van der Waals surface area contributed by atoms with Crippen molar-refractivity contribution in [1.82, 2.24) is 5.32 Å². The van der Waals surface area contributed by atoms with Crippen LogP contribution in [0.3, 0.4) is 0 Å². The Morgan fingerprint density at radius 2 is 1.42 bits per heavy atom. The van der Waals surface area contributed by atoms with Crippen LogP contribution in [0.25, 0.3) is 0 Å². The van der Waals surface area contributed by atoms with Gasteiger partial charge in [-0.15, -0.1) is 0 Å². The van der Waals surface area contributed by atoms with E-state index in [-0.39, 0.29) is 0 Å². The number of nitrogens with zero attached hydrogens (tertiary/aromatic N) is 1. The number of carbonyl (C=O) groups is 1. The molecule has 1 aliphatic rings. The molecule has 0 atom stereocenters. The Labute approximate surface area is 149 Å². The van der Waals surface area contributed by atoms with Crippen molar-refractivity contribution in [3.8, 4) is 0 Å². The molecule has 142 valence electrons. The van der Waals surface area contributed by atoms with Gasteiger partial charge in [-0.3, -0.25) is 15.1 Å². The molecule has 24 heavy (non-hydrogen) atoms. The fourth-order valence-corrected chi connectivity index (χ4v) is 2.76. The van der Waals surface area contributed by atoms with Gasteiger partial charge < -0.3 is 5.11 Å². The van der Waals surface area contributed by atoms with Gasteiger partial charge in [0, 0.05) is 19.2 Å². The topological polar surface area (TPSA) is 61.7 Å². The first-order valence-corrected chi connectivity index (χ1v) is 10.2. The number of unbranched alkanes of at least 4 members (excludes halogenated alkanes) is 12. The van der Waals surface area contributed by atoms with Gasteiger partial charge in [-0.2, -0.15) is 0 Å². The molecule has 0 saturated heterocycles. The lowest BCUT2D eigenvalue weighted by Gasteiger charge is -2.02. The molecule has 0 aromatic heterocycles. The van der Waals surface area contributed by atoms with E-state index in [2.05, 4.69) is 17.2 Å². The summed E-state index contributed by atoms with van der Waals surface area (Å²) < 4.78 is 0. The summed E-state index contributed by atoms with van der Waals surface area (Å²) in [5, 5.41) is 11.6. The highest BCUT2D eigenvalue weighted by molar-refractivity contribution is 5.66. The van der Waals surface area contributed by atoms with Gasteiger partial charge in [0.2, 0.25) is 0 Å². The minimum atomic E-state index is -0.655. The third-order valence-electron chi connectivity index (χ3n) is 4.28. The van der Waals surface area contributed by atoms with Gasteiger partial charge in [0.25, 0.3) is 0 Å². The van der Waals surface area contributed by atoms with Gasteiger partial charge in [-0.25, -0.2) is 0 Å². The lowest BCUT2D eigenvalue weighted by Crippen LogP contribution is -2.19. The molecule has 2 N–H and O–H groups in total. The second kappa shape index (κ2) is 20.1. The largest absolute Gasteiger partial charge is 0.481 e. The van der Waals surface area contributed by atoms with E-state index in [4.69, 9.17) is 5.11 Å². The molecule has 0 aromatic rings. The minimum Gasteiger partial charge on any atom is -0.481 e. The lowest BCUT2D eigenvalue weighted by atomic mass is 10.0. The van der Waals surface area contributed by atoms with Crippen molar-refractivity contribution < 1.29 is 9.90 Å². The summed E-state index contributed by atoms with van der Waals surface area (Å²) in [5.74, 6) is -0.655. The van der Waals surface area contributed by atoms with E-state index in [1.165, 1.54) is 70.6 Å². The van der Waals surface area contributed by atoms with E-state index in [1.807, 2.05) is 6.21 Å². The first kappa shape index (κ1) is 23.1. The summed E-state index contributed by atoms with van der Waals surface area (Å²) in [5.41, 5.74) is 0. The number of aliphatic carboxylic acids is 1. The van der Waals surface area contributed by atoms with Crippen LogP contribution in [0.4, 0.5) is 0 Å². The predicted molar refractivity (Wildman–Crippen MR) is 104 cm³/mol. The van der Waals surface area contributed by atoms with E-state index in [0.717, 1.165) is 32.5 Å². The van der Waals surface area contributed by atoms with Crippen molar-refractivity contribution in [2.75, 3.05) is 13.2 Å². The first-order valence-electron chi connectivity index (χ1n) is 10.2. The number of aliphatic imine (C=N–C) groups is 1. The van der Waals surface area contributed by atoms with E-state index in [0.29, 0.717) is 6.42 Å². The maximum Gasteiger partial charge on any atom is 0.303 e. The van der Waals surface area contributed by atoms with Crippen molar-refractivity contribution in [1.29, 1.82) is 0 Å². The van der Waals surface area contributed by atoms with Gasteiger partial charge in [0.05, 0.1) is 6.67 Å². The van der Waals surface area contributed by atoms with Crippen LogP contribution in [0.2, 0.25) is 0 Å². The van der Waals surface area contributed by atoms with Gasteiger partial charge in [-0.05, 0) is 12.8 Å². The average Bonchev–Trinajstić information content (AvgIpc) is 2.61. The number of nitrogens with one attached hydrogen (secondary N) is 1. The zero-order valence-electron chi connectivity index (χ0n) is 15.9. The highest BCUT2D eigenvalue weighted by Gasteiger charge is 1.96. The molecule has 1 rings (SSSR count). The summed E-state index contributed by atoms with van der Waals surface area (Å²) in [6, 6.07) is 0. The predicted octanol–water partition coefficient (Wildman–Crippen LogP) is 5.56. The Kier molecular flexibility index (Phi) is 19.4. The quantitative estimate of drug-likeness (QED) is 0.407. The third-order valence-corrected chi connectivity index (χ3v) is 4.28. The van der Waals surface area contributed by atoms with E-state index in [9.17, 15) is 4.79 Å². The molecule has 1 heterocycles. The zero-order chi connectivity index (χ0) is 17.7. The molecular weight excluding hydrogens is 300 g/mol. The van der Waals surface area contributed by atoms with Crippen molar-refractivity contribution in [2.24, 2.45) is 4.99 Å². The van der Waals surface area contributed by atoms with E-state index >= 15 is 0 Å².